The number of thiophene rings is 1. The molecule has 0 saturated heterocycles. The maximum atomic E-state index is 13.2. The van der Waals surface area contributed by atoms with Crippen molar-refractivity contribution in [3.63, 3.8) is 0 Å². The van der Waals surface area contributed by atoms with Crippen LogP contribution in [-0.2, 0) is 21.1 Å². The second-order valence-corrected chi connectivity index (χ2v) is 10.2. The highest BCUT2D eigenvalue weighted by Crippen LogP contribution is 2.39. The van der Waals surface area contributed by atoms with Gasteiger partial charge in [0, 0.05) is 16.5 Å². The zero-order valence-corrected chi connectivity index (χ0v) is 18.8. The first-order valence-corrected chi connectivity index (χ1v) is 12.3. The van der Waals surface area contributed by atoms with Crippen molar-refractivity contribution in [2.45, 2.75) is 19.4 Å². The van der Waals surface area contributed by atoms with Crippen LogP contribution in [0.3, 0.4) is 0 Å². The van der Waals surface area contributed by atoms with Gasteiger partial charge in [0.25, 0.3) is 11.8 Å². The molecule has 3 amide bonds. The monoisotopic (exact) mass is 466 g/mol. The molecule has 9 nitrogen and oxygen atoms in total. The summed E-state index contributed by atoms with van der Waals surface area (Å²) in [5, 5.41) is 1.49. The van der Waals surface area contributed by atoms with Crippen LogP contribution in [0.2, 0.25) is 0 Å². The van der Waals surface area contributed by atoms with E-state index in [1.54, 1.807) is 25.1 Å². The SMILES string of the molecule is CCOc1cc(C(CS(C)(=O)=O)N2C(=O)c3csc(CC(N)=O)c3C2=O)ccc1OC. The summed E-state index contributed by atoms with van der Waals surface area (Å²) in [5.74, 6) is -1.57. The molecule has 0 radical (unpaired) electrons. The predicted octanol–water partition coefficient (Wildman–Crippen LogP) is 1.57. The van der Waals surface area contributed by atoms with Crippen molar-refractivity contribution in [2.24, 2.45) is 5.73 Å². The number of imide groups is 1. The first-order chi connectivity index (χ1) is 14.6. The standard InChI is InChI=1S/C20H22N2O7S2/c1-4-29-15-7-11(5-6-14(15)28-2)13(10-31(3,26)27)22-19(24)12-9-30-16(8-17(21)23)18(12)20(22)25/h5-7,9,13H,4,8,10H2,1-3H3,(H2,21,23). The predicted molar refractivity (Wildman–Crippen MR) is 114 cm³/mol. The lowest BCUT2D eigenvalue weighted by molar-refractivity contribution is -0.117. The van der Waals surface area contributed by atoms with Gasteiger partial charge >= 0.3 is 0 Å². The molecule has 2 heterocycles. The van der Waals surface area contributed by atoms with Gasteiger partial charge in [-0.25, -0.2) is 8.42 Å². The van der Waals surface area contributed by atoms with Gasteiger partial charge in [-0.05, 0) is 24.6 Å². The summed E-state index contributed by atoms with van der Waals surface area (Å²) in [7, 11) is -2.12. The molecular formula is C20H22N2O7S2. The molecule has 31 heavy (non-hydrogen) atoms. The summed E-state index contributed by atoms with van der Waals surface area (Å²) in [4.78, 5) is 39.0. The van der Waals surface area contributed by atoms with E-state index in [1.807, 2.05) is 0 Å². The number of sulfone groups is 1. The van der Waals surface area contributed by atoms with Crippen LogP contribution in [0.4, 0.5) is 0 Å². The average Bonchev–Trinajstić information content (AvgIpc) is 3.19. The van der Waals surface area contributed by atoms with Gasteiger partial charge in [0.05, 0.1) is 43.1 Å². The van der Waals surface area contributed by atoms with Crippen LogP contribution in [0.15, 0.2) is 23.6 Å². The molecule has 2 aromatic rings. The molecule has 1 aromatic heterocycles. The molecule has 0 spiro atoms. The number of carbonyl (C=O) groups excluding carboxylic acids is 3. The Kier molecular flexibility index (Phi) is 6.37. The first-order valence-electron chi connectivity index (χ1n) is 9.32. The summed E-state index contributed by atoms with van der Waals surface area (Å²) in [5.41, 5.74) is 5.90. The zero-order valence-electron chi connectivity index (χ0n) is 17.2. The molecular weight excluding hydrogens is 444 g/mol. The van der Waals surface area contributed by atoms with Crippen molar-refractivity contribution in [3.8, 4) is 11.5 Å². The second-order valence-electron chi connectivity index (χ2n) is 7.02. The molecule has 0 bridgehead atoms. The topological polar surface area (TPSA) is 133 Å². The zero-order chi connectivity index (χ0) is 22.9. The maximum absolute atomic E-state index is 13.2. The number of benzene rings is 1. The largest absolute Gasteiger partial charge is 0.493 e. The van der Waals surface area contributed by atoms with E-state index in [2.05, 4.69) is 0 Å². The van der Waals surface area contributed by atoms with Crippen LogP contribution in [-0.4, -0.2) is 56.8 Å². The number of carbonyl (C=O) groups is 3. The fourth-order valence-electron chi connectivity index (χ4n) is 3.48. The first kappa shape index (κ1) is 22.8. The third kappa shape index (κ3) is 4.57. The van der Waals surface area contributed by atoms with Crippen molar-refractivity contribution in [1.82, 2.24) is 4.90 Å². The fourth-order valence-corrected chi connectivity index (χ4v) is 5.41. The van der Waals surface area contributed by atoms with Gasteiger partial charge in [-0.2, -0.15) is 0 Å². The number of rotatable bonds is 9. The molecule has 0 fully saturated rings. The van der Waals surface area contributed by atoms with E-state index in [0.717, 1.165) is 22.5 Å². The smallest absolute Gasteiger partial charge is 0.263 e. The van der Waals surface area contributed by atoms with Gasteiger partial charge < -0.3 is 15.2 Å². The van der Waals surface area contributed by atoms with Crippen LogP contribution in [0.1, 0.15) is 44.1 Å². The van der Waals surface area contributed by atoms with Crippen molar-refractivity contribution in [1.29, 1.82) is 0 Å². The molecule has 1 aliphatic rings. The van der Waals surface area contributed by atoms with Gasteiger partial charge in [-0.15, -0.1) is 11.3 Å². The fraction of sp³-hybridized carbons (Fsp3) is 0.350. The Morgan fingerprint density at radius 1 is 1.23 bits per heavy atom. The summed E-state index contributed by atoms with van der Waals surface area (Å²) in [6.45, 7) is 2.12. The Morgan fingerprint density at radius 2 is 1.94 bits per heavy atom. The van der Waals surface area contributed by atoms with E-state index in [1.165, 1.54) is 12.5 Å². The summed E-state index contributed by atoms with van der Waals surface area (Å²) >= 11 is 1.10. The minimum atomic E-state index is -3.59. The van der Waals surface area contributed by atoms with E-state index in [-0.39, 0.29) is 17.5 Å². The van der Waals surface area contributed by atoms with E-state index in [9.17, 15) is 22.8 Å². The molecule has 1 atom stereocenters. The Morgan fingerprint density at radius 3 is 2.52 bits per heavy atom. The normalized spacial score (nSPS) is 14.5. The summed E-state index contributed by atoms with van der Waals surface area (Å²) < 4.78 is 35.2. The lowest BCUT2D eigenvalue weighted by Gasteiger charge is -2.27. The highest BCUT2D eigenvalue weighted by molar-refractivity contribution is 7.90. The lowest BCUT2D eigenvalue weighted by Crippen LogP contribution is -2.38. The molecule has 1 aromatic carbocycles. The minimum Gasteiger partial charge on any atom is -0.493 e. The third-order valence-corrected chi connectivity index (χ3v) is 6.64. The van der Waals surface area contributed by atoms with E-state index in [0.29, 0.717) is 28.5 Å². The molecule has 0 aliphatic carbocycles. The molecule has 3 rings (SSSR count). The van der Waals surface area contributed by atoms with Crippen LogP contribution in [0.5, 0.6) is 11.5 Å². The number of fused-ring (bicyclic) bond motifs is 1. The minimum absolute atomic E-state index is 0.103. The highest BCUT2D eigenvalue weighted by atomic mass is 32.2. The highest BCUT2D eigenvalue weighted by Gasteiger charge is 2.44. The maximum Gasteiger partial charge on any atom is 0.263 e. The molecule has 11 heteroatoms. The lowest BCUT2D eigenvalue weighted by atomic mass is 10.1. The van der Waals surface area contributed by atoms with Crippen LogP contribution >= 0.6 is 11.3 Å². The number of hydrogen-bond acceptors (Lipinski definition) is 8. The number of primary amides is 1. The van der Waals surface area contributed by atoms with Gasteiger partial charge in [0.1, 0.15) is 9.84 Å². The van der Waals surface area contributed by atoms with Crippen molar-refractivity contribution < 1.29 is 32.3 Å². The molecule has 1 aliphatic heterocycles. The molecule has 2 N–H and O–H groups in total. The average molecular weight is 467 g/mol. The van der Waals surface area contributed by atoms with E-state index >= 15 is 0 Å². The van der Waals surface area contributed by atoms with Gasteiger partial charge in [0.2, 0.25) is 5.91 Å². The van der Waals surface area contributed by atoms with Crippen LogP contribution in [0, 0.1) is 0 Å². The number of amides is 3. The van der Waals surface area contributed by atoms with E-state index in [4.69, 9.17) is 15.2 Å². The van der Waals surface area contributed by atoms with Gasteiger partial charge in [-0.1, -0.05) is 6.07 Å². The van der Waals surface area contributed by atoms with Gasteiger partial charge in [-0.3, -0.25) is 19.3 Å². The van der Waals surface area contributed by atoms with Crippen molar-refractivity contribution >= 4 is 38.9 Å². The second kappa shape index (κ2) is 8.67. The number of ether oxygens (including phenoxy) is 2. The Balaban J connectivity index is 2.09. The third-order valence-electron chi connectivity index (χ3n) is 4.73. The van der Waals surface area contributed by atoms with Crippen molar-refractivity contribution in [2.75, 3.05) is 25.7 Å². The Hall–Kier alpha value is -2.92. The van der Waals surface area contributed by atoms with Crippen LogP contribution in [0.25, 0.3) is 0 Å². The van der Waals surface area contributed by atoms with Crippen molar-refractivity contribution in [3.05, 3.63) is 45.1 Å². The molecule has 0 saturated carbocycles. The quantitative estimate of drug-likeness (QED) is 0.555. The molecule has 166 valence electrons. The number of nitrogens with zero attached hydrogens (tertiary/aromatic N) is 1. The molecule has 1 unspecified atom stereocenters. The summed E-state index contributed by atoms with van der Waals surface area (Å²) in [6, 6.07) is 3.66. The van der Waals surface area contributed by atoms with E-state index < -0.39 is 39.4 Å². The Labute approximate surface area is 183 Å². The number of nitrogens with two attached hydrogens (primary N) is 1. The van der Waals surface area contributed by atoms with Gasteiger partial charge in [0.15, 0.2) is 11.5 Å². The number of methoxy groups -OCH3 is 1. The number of hydrogen-bond donors (Lipinski definition) is 1. The summed E-state index contributed by atoms with van der Waals surface area (Å²) in [6.07, 6.45) is 0.854. The Bertz CT molecular complexity index is 1150. The van der Waals surface area contributed by atoms with Crippen LogP contribution < -0.4 is 15.2 Å².